The van der Waals surface area contributed by atoms with E-state index in [1.165, 1.54) is 0 Å². The average Bonchev–Trinajstić information content (AvgIpc) is 1.82. The molecule has 0 aliphatic heterocycles. The van der Waals surface area contributed by atoms with Crippen LogP contribution in [-0.2, 0) is 4.79 Å². The number of aliphatic hydroxyl groups excluding tert-OH is 1. The van der Waals surface area contributed by atoms with Crippen LogP contribution in [0, 0.1) is 0 Å². The van der Waals surface area contributed by atoms with E-state index in [4.69, 9.17) is 10.2 Å². The molecule has 3 heteroatoms. The van der Waals surface area contributed by atoms with E-state index >= 15 is 0 Å². The summed E-state index contributed by atoms with van der Waals surface area (Å²) in [5.41, 5.74) is 0. The fourth-order valence-electron chi connectivity index (χ4n) is 0.366. The first-order chi connectivity index (χ1) is 4.18. The van der Waals surface area contributed by atoms with Gasteiger partial charge in [-0.05, 0) is 6.92 Å². The molecule has 0 spiro atoms. The van der Waals surface area contributed by atoms with Crippen LogP contribution >= 0.6 is 0 Å². The zero-order chi connectivity index (χ0) is 7.28. The number of allylic oxidation sites excluding steroid dienone is 1. The van der Waals surface area contributed by atoms with Crippen molar-refractivity contribution in [3.05, 3.63) is 12.2 Å². The zero-order valence-corrected chi connectivity index (χ0v) is 5.24. The van der Waals surface area contributed by atoms with Gasteiger partial charge in [-0.1, -0.05) is 12.2 Å². The molecule has 1 atom stereocenters. The maximum atomic E-state index is 9.92. The normalized spacial score (nSPS) is 14.0. The number of rotatable bonds is 3. The molecule has 1 unspecified atom stereocenters. The van der Waals surface area contributed by atoms with Crippen molar-refractivity contribution in [2.45, 2.75) is 19.4 Å². The van der Waals surface area contributed by atoms with Crippen molar-refractivity contribution in [1.29, 1.82) is 0 Å². The van der Waals surface area contributed by atoms with Gasteiger partial charge in [0.05, 0.1) is 0 Å². The SMILES string of the molecule is C/C=C/CC(O)C(=O)O. The highest BCUT2D eigenvalue weighted by Crippen LogP contribution is 1.91. The highest BCUT2D eigenvalue weighted by atomic mass is 16.4. The van der Waals surface area contributed by atoms with Crippen LogP contribution in [0.2, 0.25) is 0 Å². The van der Waals surface area contributed by atoms with Crippen molar-refractivity contribution < 1.29 is 15.0 Å². The van der Waals surface area contributed by atoms with Crippen molar-refractivity contribution in [3.63, 3.8) is 0 Å². The van der Waals surface area contributed by atoms with Gasteiger partial charge < -0.3 is 10.2 Å². The van der Waals surface area contributed by atoms with Gasteiger partial charge in [0, 0.05) is 6.42 Å². The third-order valence-electron chi connectivity index (χ3n) is 0.880. The lowest BCUT2D eigenvalue weighted by Crippen LogP contribution is -2.17. The van der Waals surface area contributed by atoms with Gasteiger partial charge in [0.1, 0.15) is 0 Å². The number of carboxylic acids is 1. The molecule has 0 aromatic carbocycles. The molecule has 0 rings (SSSR count). The Morgan fingerprint density at radius 3 is 2.67 bits per heavy atom. The molecule has 52 valence electrons. The third-order valence-corrected chi connectivity index (χ3v) is 0.880. The molecule has 3 nitrogen and oxygen atoms in total. The molecule has 9 heavy (non-hydrogen) atoms. The Kier molecular flexibility index (Phi) is 3.71. The van der Waals surface area contributed by atoms with Gasteiger partial charge in [-0.3, -0.25) is 0 Å². The first-order valence-corrected chi connectivity index (χ1v) is 2.70. The molecule has 0 aromatic heterocycles. The largest absolute Gasteiger partial charge is 0.479 e. The molecule has 0 amide bonds. The number of aliphatic carboxylic acids is 1. The fourth-order valence-corrected chi connectivity index (χ4v) is 0.366. The Morgan fingerprint density at radius 2 is 2.33 bits per heavy atom. The van der Waals surface area contributed by atoms with E-state index in [-0.39, 0.29) is 6.42 Å². The van der Waals surface area contributed by atoms with Gasteiger partial charge in [-0.2, -0.15) is 0 Å². The average molecular weight is 130 g/mol. The Hall–Kier alpha value is -0.830. The lowest BCUT2D eigenvalue weighted by Gasteiger charge is -1.97. The minimum Gasteiger partial charge on any atom is -0.479 e. The quantitative estimate of drug-likeness (QED) is 0.543. The molecule has 0 aliphatic carbocycles. The first-order valence-electron chi connectivity index (χ1n) is 2.70. The second-order valence-corrected chi connectivity index (χ2v) is 1.66. The molecule has 0 saturated carbocycles. The van der Waals surface area contributed by atoms with Crippen LogP contribution in [-0.4, -0.2) is 22.3 Å². The van der Waals surface area contributed by atoms with Crippen LogP contribution in [0.4, 0.5) is 0 Å². The van der Waals surface area contributed by atoms with E-state index in [0.717, 1.165) is 0 Å². The standard InChI is InChI=1S/C6H10O3/c1-2-3-4-5(7)6(8)9/h2-3,5,7H,4H2,1H3,(H,8,9)/b3-2+. The lowest BCUT2D eigenvalue weighted by atomic mass is 10.2. The van der Waals surface area contributed by atoms with E-state index in [0.29, 0.717) is 0 Å². The summed E-state index contributed by atoms with van der Waals surface area (Å²) in [6.07, 6.45) is 2.25. The number of aliphatic hydroxyl groups is 1. The minimum absolute atomic E-state index is 0.186. The topological polar surface area (TPSA) is 57.5 Å². The Labute approximate surface area is 53.6 Å². The number of carbonyl (C=O) groups is 1. The lowest BCUT2D eigenvalue weighted by molar-refractivity contribution is -0.146. The highest BCUT2D eigenvalue weighted by Gasteiger charge is 2.08. The summed E-state index contributed by atoms with van der Waals surface area (Å²) in [4.78, 5) is 9.92. The Bertz CT molecular complexity index is 117. The maximum Gasteiger partial charge on any atom is 0.332 e. The number of carboxylic acid groups (broad SMARTS) is 1. The minimum atomic E-state index is -1.25. The van der Waals surface area contributed by atoms with Gasteiger partial charge in [-0.15, -0.1) is 0 Å². The van der Waals surface area contributed by atoms with Crippen LogP contribution in [0.3, 0.4) is 0 Å². The predicted molar refractivity (Wildman–Crippen MR) is 33.1 cm³/mol. The van der Waals surface area contributed by atoms with E-state index in [2.05, 4.69) is 0 Å². The monoisotopic (exact) mass is 130 g/mol. The Balaban J connectivity index is 3.50. The summed E-state index contributed by atoms with van der Waals surface area (Å²) in [7, 11) is 0. The first kappa shape index (κ1) is 8.17. The summed E-state index contributed by atoms with van der Waals surface area (Å²) in [5.74, 6) is -1.17. The third kappa shape index (κ3) is 3.73. The van der Waals surface area contributed by atoms with Crippen molar-refractivity contribution >= 4 is 5.97 Å². The number of hydrogen-bond donors (Lipinski definition) is 2. The van der Waals surface area contributed by atoms with Crippen molar-refractivity contribution in [1.82, 2.24) is 0 Å². The van der Waals surface area contributed by atoms with Gasteiger partial charge in [0.15, 0.2) is 6.10 Å². The molecular formula is C6H10O3. The van der Waals surface area contributed by atoms with Crippen LogP contribution in [0.15, 0.2) is 12.2 Å². The molecule has 0 radical (unpaired) electrons. The van der Waals surface area contributed by atoms with E-state index in [1.54, 1.807) is 19.1 Å². The molecule has 0 heterocycles. The van der Waals surface area contributed by atoms with Crippen LogP contribution in [0.25, 0.3) is 0 Å². The van der Waals surface area contributed by atoms with Gasteiger partial charge in [0.25, 0.3) is 0 Å². The highest BCUT2D eigenvalue weighted by molar-refractivity contribution is 5.72. The molecule has 0 bridgehead atoms. The second kappa shape index (κ2) is 4.09. The van der Waals surface area contributed by atoms with Crippen molar-refractivity contribution in [3.8, 4) is 0 Å². The summed E-state index contributed by atoms with van der Waals surface area (Å²) in [6.45, 7) is 1.77. The van der Waals surface area contributed by atoms with Crippen LogP contribution in [0.1, 0.15) is 13.3 Å². The predicted octanol–water partition coefficient (Wildman–Crippen LogP) is 0.398. The van der Waals surface area contributed by atoms with Crippen molar-refractivity contribution in [2.75, 3.05) is 0 Å². The summed E-state index contributed by atoms with van der Waals surface area (Å²) >= 11 is 0. The summed E-state index contributed by atoms with van der Waals surface area (Å²) in [5, 5.41) is 16.7. The van der Waals surface area contributed by atoms with E-state index in [9.17, 15) is 4.79 Å². The van der Waals surface area contributed by atoms with Crippen LogP contribution in [0.5, 0.6) is 0 Å². The molecular weight excluding hydrogens is 120 g/mol. The smallest absolute Gasteiger partial charge is 0.332 e. The van der Waals surface area contributed by atoms with Crippen molar-refractivity contribution in [2.24, 2.45) is 0 Å². The van der Waals surface area contributed by atoms with Gasteiger partial charge in [-0.25, -0.2) is 4.79 Å². The maximum absolute atomic E-state index is 9.92. The molecule has 0 aromatic rings. The zero-order valence-electron chi connectivity index (χ0n) is 5.24. The molecule has 0 aliphatic rings. The summed E-state index contributed by atoms with van der Waals surface area (Å²) in [6, 6.07) is 0. The van der Waals surface area contributed by atoms with E-state index in [1.807, 2.05) is 0 Å². The second-order valence-electron chi connectivity index (χ2n) is 1.66. The summed E-state index contributed by atoms with van der Waals surface area (Å²) < 4.78 is 0. The fraction of sp³-hybridized carbons (Fsp3) is 0.500. The molecule has 2 N–H and O–H groups in total. The van der Waals surface area contributed by atoms with Crippen LogP contribution < -0.4 is 0 Å². The Morgan fingerprint density at radius 1 is 1.78 bits per heavy atom. The van der Waals surface area contributed by atoms with Gasteiger partial charge in [0.2, 0.25) is 0 Å². The van der Waals surface area contributed by atoms with E-state index < -0.39 is 12.1 Å². The number of hydrogen-bond acceptors (Lipinski definition) is 2. The molecule has 0 saturated heterocycles. The van der Waals surface area contributed by atoms with Gasteiger partial charge >= 0.3 is 5.97 Å². The molecule has 0 fully saturated rings.